The molecular weight excluding hydrogens is 94.9 g/mol. The SMILES string of the molecule is CC[B][C@H](C)C(C)C. The lowest BCUT2D eigenvalue weighted by molar-refractivity contribution is 0.618. The molecule has 0 N–H and O–H groups in total. The summed E-state index contributed by atoms with van der Waals surface area (Å²) < 4.78 is 0. The number of rotatable bonds is 3. The van der Waals surface area contributed by atoms with Crippen LogP contribution in [0.2, 0.25) is 12.1 Å². The molecule has 0 aliphatic rings. The molecule has 0 aliphatic carbocycles. The Bertz CT molecular complexity index is 50.3. The Hall–Kier alpha value is 0.0649. The van der Waals surface area contributed by atoms with Gasteiger partial charge in [-0.05, 0) is 0 Å². The van der Waals surface area contributed by atoms with Gasteiger partial charge < -0.3 is 0 Å². The molecule has 0 aromatic heterocycles. The van der Waals surface area contributed by atoms with Crippen molar-refractivity contribution in [3.63, 3.8) is 0 Å². The van der Waals surface area contributed by atoms with Crippen molar-refractivity contribution in [1.29, 1.82) is 0 Å². The Morgan fingerprint density at radius 2 is 1.75 bits per heavy atom. The Labute approximate surface area is 53.9 Å². The van der Waals surface area contributed by atoms with Crippen molar-refractivity contribution < 1.29 is 0 Å². The second-order valence-electron chi connectivity index (χ2n) is 2.75. The predicted molar refractivity (Wildman–Crippen MR) is 40.5 cm³/mol. The molecule has 0 saturated heterocycles. The molecular formula is C7H16B. The van der Waals surface area contributed by atoms with Gasteiger partial charge in [0.05, 0.1) is 0 Å². The van der Waals surface area contributed by atoms with Crippen molar-refractivity contribution in [1.82, 2.24) is 0 Å². The average Bonchev–Trinajstić information content (AvgIpc) is 1.67. The molecule has 0 spiro atoms. The average molecular weight is 111 g/mol. The van der Waals surface area contributed by atoms with Crippen molar-refractivity contribution >= 4 is 7.28 Å². The van der Waals surface area contributed by atoms with Gasteiger partial charge in [-0.15, -0.1) is 0 Å². The minimum Gasteiger partial charge on any atom is -0.0827 e. The third-order valence-corrected chi connectivity index (χ3v) is 1.66. The molecule has 8 heavy (non-hydrogen) atoms. The Balaban J connectivity index is 3.17. The highest BCUT2D eigenvalue weighted by atomic mass is 14.0. The zero-order chi connectivity index (χ0) is 6.57. The maximum Gasteiger partial charge on any atom is 0.113 e. The Morgan fingerprint density at radius 3 is 1.88 bits per heavy atom. The van der Waals surface area contributed by atoms with Crippen LogP contribution in [0.1, 0.15) is 27.7 Å². The third kappa shape index (κ3) is 3.12. The summed E-state index contributed by atoms with van der Waals surface area (Å²) in [6.45, 7) is 8.99. The van der Waals surface area contributed by atoms with E-state index in [4.69, 9.17) is 0 Å². The van der Waals surface area contributed by atoms with Gasteiger partial charge in [0, 0.05) is 0 Å². The number of hydrogen-bond acceptors (Lipinski definition) is 0. The van der Waals surface area contributed by atoms with Crippen molar-refractivity contribution in [2.24, 2.45) is 5.92 Å². The summed E-state index contributed by atoms with van der Waals surface area (Å²) in [5.41, 5.74) is 0. The summed E-state index contributed by atoms with van der Waals surface area (Å²) in [7, 11) is 2.37. The maximum absolute atomic E-state index is 2.37. The fourth-order valence-corrected chi connectivity index (χ4v) is 0.644. The van der Waals surface area contributed by atoms with E-state index in [2.05, 4.69) is 35.0 Å². The topological polar surface area (TPSA) is 0 Å². The van der Waals surface area contributed by atoms with Gasteiger partial charge in [-0.3, -0.25) is 0 Å². The molecule has 0 saturated carbocycles. The van der Waals surface area contributed by atoms with Crippen LogP contribution in [0.4, 0.5) is 0 Å². The monoisotopic (exact) mass is 111 g/mol. The molecule has 0 heterocycles. The summed E-state index contributed by atoms with van der Waals surface area (Å²) in [6, 6.07) is 0. The van der Waals surface area contributed by atoms with Crippen LogP contribution in [0.15, 0.2) is 0 Å². The van der Waals surface area contributed by atoms with Crippen LogP contribution in [-0.2, 0) is 0 Å². The zero-order valence-corrected chi connectivity index (χ0v) is 6.44. The van der Waals surface area contributed by atoms with Crippen molar-refractivity contribution in [3.8, 4) is 0 Å². The molecule has 0 bridgehead atoms. The smallest absolute Gasteiger partial charge is 0.0827 e. The predicted octanol–water partition coefficient (Wildman–Crippen LogP) is 2.59. The van der Waals surface area contributed by atoms with Gasteiger partial charge in [0.15, 0.2) is 0 Å². The molecule has 1 heteroatoms. The van der Waals surface area contributed by atoms with E-state index in [0.717, 1.165) is 11.7 Å². The molecule has 0 amide bonds. The first kappa shape index (κ1) is 8.06. The van der Waals surface area contributed by atoms with Crippen molar-refractivity contribution in [3.05, 3.63) is 0 Å². The van der Waals surface area contributed by atoms with Crippen LogP contribution >= 0.6 is 0 Å². The van der Waals surface area contributed by atoms with Gasteiger partial charge in [-0.25, -0.2) is 0 Å². The lowest BCUT2D eigenvalue weighted by atomic mass is 9.59. The summed E-state index contributed by atoms with van der Waals surface area (Å²) in [4.78, 5) is 0. The quantitative estimate of drug-likeness (QED) is 0.491. The zero-order valence-electron chi connectivity index (χ0n) is 6.44. The molecule has 0 aromatic carbocycles. The number of hydrogen-bond donors (Lipinski definition) is 0. The fraction of sp³-hybridized carbons (Fsp3) is 1.00. The van der Waals surface area contributed by atoms with E-state index in [1.54, 1.807) is 0 Å². The molecule has 0 aliphatic heterocycles. The minimum atomic E-state index is 0.792. The molecule has 0 nitrogen and oxygen atoms in total. The van der Waals surface area contributed by atoms with Crippen LogP contribution in [0.3, 0.4) is 0 Å². The van der Waals surface area contributed by atoms with Crippen molar-refractivity contribution in [2.45, 2.75) is 39.8 Å². The summed E-state index contributed by atoms with van der Waals surface area (Å²) in [5, 5.41) is 0. The first-order valence-corrected chi connectivity index (χ1v) is 3.51. The molecule has 47 valence electrons. The van der Waals surface area contributed by atoms with E-state index in [9.17, 15) is 0 Å². The first-order valence-electron chi connectivity index (χ1n) is 3.51. The fourth-order valence-electron chi connectivity index (χ4n) is 0.644. The summed E-state index contributed by atoms with van der Waals surface area (Å²) >= 11 is 0. The highest BCUT2D eigenvalue weighted by Crippen LogP contribution is 2.15. The summed E-state index contributed by atoms with van der Waals surface area (Å²) in [6.07, 6.45) is 1.21. The lowest BCUT2D eigenvalue weighted by Gasteiger charge is -2.11. The molecule has 0 aromatic rings. The normalized spacial score (nSPS) is 14.1. The maximum atomic E-state index is 2.37. The molecule has 0 unspecified atom stereocenters. The van der Waals surface area contributed by atoms with Crippen molar-refractivity contribution in [2.75, 3.05) is 0 Å². The Kier molecular flexibility index (Phi) is 4.03. The second kappa shape index (κ2) is 4.00. The van der Waals surface area contributed by atoms with Crippen LogP contribution in [0.5, 0.6) is 0 Å². The highest BCUT2D eigenvalue weighted by Gasteiger charge is 2.04. The lowest BCUT2D eigenvalue weighted by Crippen LogP contribution is -2.04. The van der Waals surface area contributed by atoms with Gasteiger partial charge in [0.25, 0.3) is 0 Å². The largest absolute Gasteiger partial charge is 0.113 e. The second-order valence-corrected chi connectivity index (χ2v) is 2.75. The van der Waals surface area contributed by atoms with Crippen LogP contribution in [0, 0.1) is 5.92 Å². The standard InChI is InChI=1S/C7H16B/c1-5-8-7(4)6(2)3/h6-7H,5H2,1-4H3/t7-/m1/s1. The van der Waals surface area contributed by atoms with Gasteiger partial charge in [-0.1, -0.05) is 45.8 Å². The van der Waals surface area contributed by atoms with Gasteiger partial charge >= 0.3 is 0 Å². The van der Waals surface area contributed by atoms with Gasteiger partial charge in [0.1, 0.15) is 7.28 Å². The molecule has 0 fully saturated rings. The molecule has 1 atom stereocenters. The summed E-state index contributed by atoms with van der Waals surface area (Å²) in [5.74, 6) is 1.61. The molecule has 1 radical (unpaired) electrons. The van der Waals surface area contributed by atoms with E-state index in [1.165, 1.54) is 6.32 Å². The third-order valence-electron chi connectivity index (χ3n) is 1.66. The van der Waals surface area contributed by atoms with Gasteiger partial charge in [-0.2, -0.15) is 0 Å². The molecule has 0 rings (SSSR count). The van der Waals surface area contributed by atoms with E-state index in [-0.39, 0.29) is 0 Å². The minimum absolute atomic E-state index is 0.792. The van der Waals surface area contributed by atoms with Crippen LogP contribution in [-0.4, -0.2) is 7.28 Å². The van der Waals surface area contributed by atoms with Gasteiger partial charge in [0.2, 0.25) is 0 Å². The van der Waals surface area contributed by atoms with E-state index in [0.29, 0.717) is 0 Å². The van der Waals surface area contributed by atoms with Crippen LogP contribution in [0.25, 0.3) is 0 Å². The van der Waals surface area contributed by atoms with E-state index >= 15 is 0 Å². The van der Waals surface area contributed by atoms with Crippen LogP contribution < -0.4 is 0 Å². The highest BCUT2D eigenvalue weighted by molar-refractivity contribution is 6.37. The van der Waals surface area contributed by atoms with E-state index in [1.807, 2.05) is 0 Å². The first-order chi connectivity index (χ1) is 3.68. The Morgan fingerprint density at radius 1 is 1.25 bits per heavy atom. The van der Waals surface area contributed by atoms with E-state index < -0.39 is 0 Å².